The van der Waals surface area contributed by atoms with Gasteiger partial charge in [0, 0.05) is 18.0 Å². The van der Waals surface area contributed by atoms with Gasteiger partial charge in [-0.15, -0.1) is 0 Å². The minimum atomic E-state index is -0.937. The van der Waals surface area contributed by atoms with Crippen molar-refractivity contribution in [1.82, 2.24) is 14.2 Å². The van der Waals surface area contributed by atoms with Crippen LogP contribution in [0.5, 0.6) is 0 Å². The summed E-state index contributed by atoms with van der Waals surface area (Å²) in [7, 11) is 0. The zero-order chi connectivity index (χ0) is 19.7. The molecule has 1 N–H and O–H groups in total. The third-order valence-corrected chi connectivity index (χ3v) is 4.51. The van der Waals surface area contributed by atoms with E-state index < -0.39 is 6.10 Å². The zero-order valence-electron chi connectivity index (χ0n) is 14.7. The Labute approximate surface area is 159 Å². The standard InChI is InChI=1S/C21H15FN4O2/c22-17-6-4-15(5-7-17)18-11-19-21(28)25(8-9-26(19)24-18)13-20(27)16-3-1-2-14(10-16)12-23/h1-11,20,27H,13H2. The minimum absolute atomic E-state index is 0.0429. The summed E-state index contributed by atoms with van der Waals surface area (Å²) in [5.74, 6) is -0.343. The Balaban J connectivity index is 1.67. The molecule has 7 heteroatoms. The Morgan fingerprint density at radius 1 is 1.14 bits per heavy atom. The lowest BCUT2D eigenvalue weighted by atomic mass is 10.1. The molecule has 0 fully saturated rings. The molecule has 138 valence electrons. The first-order valence-corrected chi connectivity index (χ1v) is 8.58. The van der Waals surface area contributed by atoms with Crippen molar-refractivity contribution in [2.45, 2.75) is 12.6 Å². The van der Waals surface area contributed by atoms with E-state index in [1.165, 1.54) is 21.2 Å². The fraction of sp³-hybridized carbons (Fsp3) is 0.0952. The Kier molecular flexibility index (Phi) is 4.47. The molecule has 0 radical (unpaired) electrons. The lowest BCUT2D eigenvalue weighted by Crippen LogP contribution is -2.24. The molecule has 2 aromatic heterocycles. The average Bonchev–Trinajstić information content (AvgIpc) is 3.16. The van der Waals surface area contributed by atoms with Crippen molar-refractivity contribution in [3.63, 3.8) is 0 Å². The summed E-state index contributed by atoms with van der Waals surface area (Å²) in [5, 5.41) is 23.8. The molecule has 4 aromatic rings. The van der Waals surface area contributed by atoms with Crippen molar-refractivity contribution in [3.05, 3.63) is 94.3 Å². The van der Waals surface area contributed by atoms with Crippen molar-refractivity contribution in [2.24, 2.45) is 0 Å². The summed E-state index contributed by atoms with van der Waals surface area (Å²) in [4.78, 5) is 12.8. The molecule has 0 bridgehead atoms. The maximum absolute atomic E-state index is 13.1. The molecule has 0 saturated heterocycles. The monoisotopic (exact) mass is 374 g/mol. The molecule has 2 aromatic carbocycles. The Hall–Kier alpha value is -3.76. The fourth-order valence-electron chi connectivity index (χ4n) is 3.04. The first-order valence-electron chi connectivity index (χ1n) is 8.58. The molecule has 1 atom stereocenters. The van der Waals surface area contributed by atoms with Gasteiger partial charge in [0.25, 0.3) is 5.56 Å². The van der Waals surface area contributed by atoms with Crippen molar-refractivity contribution in [3.8, 4) is 17.3 Å². The lowest BCUT2D eigenvalue weighted by Gasteiger charge is -2.13. The van der Waals surface area contributed by atoms with Crippen LogP contribution in [-0.2, 0) is 6.54 Å². The van der Waals surface area contributed by atoms with Crippen LogP contribution < -0.4 is 5.56 Å². The van der Waals surface area contributed by atoms with E-state index in [2.05, 4.69) is 5.10 Å². The van der Waals surface area contributed by atoms with E-state index in [0.717, 1.165) is 0 Å². The summed E-state index contributed by atoms with van der Waals surface area (Å²) in [6.45, 7) is 0.0429. The van der Waals surface area contributed by atoms with Gasteiger partial charge in [-0.3, -0.25) is 4.79 Å². The van der Waals surface area contributed by atoms with Crippen LogP contribution >= 0.6 is 0 Å². The highest BCUT2D eigenvalue weighted by atomic mass is 19.1. The predicted molar refractivity (Wildman–Crippen MR) is 101 cm³/mol. The van der Waals surface area contributed by atoms with Gasteiger partial charge in [0.2, 0.25) is 0 Å². The molecule has 4 rings (SSSR count). The highest BCUT2D eigenvalue weighted by molar-refractivity contribution is 5.65. The molecule has 0 spiro atoms. The smallest absolute Gasteiger partial charge is 0.276 e. The number of fused-ring (bicyclic) bond motifs is 1. The molecule has 0 aliphatic heterocycles. The Morgan fingerprint density at radius 3 is 2.68 bits per heavy atom. The first kappa shape index (κ1) is 17.6. The number of hydrogen-bond donors (Lipinski definition) is 1. The number of rotatable bonds is 4. The number of nitrogens with zero attached hydrogens (tertiary/aromatic N) is 4. The summed E-state index contributed by atoms with van der Waals surface area (Å²) >= 11 is 0. The molecule has 0 saturated carbocycles. The molecule has 28 heavy (non-hydrogen) atoms. The summed E-state index contributed by atoms with van der Waals surface area (Å²) in [6.07, 6.45) is 2.24. The van der Waals surface area contributed by atoms with Gasteiger partial charge in [-0.1, -0.05) is 12.1 Å². The van der Waals surface area contributed by atoms with E-state index in [9.17, 15) is 14.3 Å². The second kappa shape index (κ2) is 7.10. The Bertz CT molecular complexity index is 1250. The molecule has 0 aliphatic carbocycles. The predicted octanol–water partition coefficient (Wildman–Crippen LogP) is 2.91. The number of aliphatic hydroxyl groups is 1. The van der Waals surface area contributed by atoms with Crippen LogP contribution in [-0.4, -0.2) is 19.3 Å². The number of nitriles is 1. The Morgan fingerprint density at radius 2 is 1.93 bits per heavy atom. The van der Waals surface area contributed by atoms with Gasteiger partial charge in [-0.25, -0.2) is 8.91 Å². The number of halogens is 1. The number of aromatic nitrogens is 3. The quantitative estimate of drug-likeness (QED) is 0.595. The zero-order valence-corrected chi connectivity index (χ0v) is 14.7. The first-order chi connectivity index (χ1) is 13.5. The van der Waals surface area contributed by atoms with Gasteiger partial charge < -0.3 is 9.67 Å². The largest absolute Gasteiger partial charge is 0.387 e. The van der Waals surface area contributed by atoms with Gasteiger partial charge in [-0.2, -0.15) is 10.4 Å². The fourth-order valence-corrected chi connectivity index (χ4v) is 3.04. The van der Waals surface area contributed by atoms with Crippen LogP contribution in [0.4, 0.5) is 4.39 Å². The van der Waals surface area contributed by atoms with Crippen LogP contribution in [0.15, 0.2) is 71.8 Å². The number of aliphatic hydroxyl groups excluding tert-OH is 1. The maximum atomic E-state index is 13.1. The molecule has 1 unspecified atom stereocenters. The minimum Gasteiger partial charge on any atom is -0.387 e. The third kappa shape index (κ3) is 3.29. The molecule has 0 aliphatic rings. The normalized spacial score (nSPS) is 12.0. The topological polar surface area (TPSA) is 83.3 Å². The molecule has 2 heterocycles. The van der Waals surface area contributed by atoms with Gasteiger partial charge in [-0.05, 0) is 48.0 Å². The maximum Gasteiger partial charge on any atom is 0.276 e. The van der Waals surface area contributed by atoms with E-state index in [1.807, 2.05) is 6.07 Å². The second-order valence-electron chi connectivity index (χ2n) is 6.38. The van der Waals surface area contributed by atoms with E-state index in [4.69, 9.17) is 5.26 Å². The van der Waals surface area contributed by atoms with Gasteiger partial charge in [0.1, 0.15) is 11.3 Å². The SMILES string of the molecule is N#Cc1cccc(C(O)Cn2ccn3nc(-c4ccc(F)cc4)cc3c2=O)c1. The van der Waals surface area contributed by atoms with E-state index in [-0.39, 0.29) is 17.9 Å². The van der Waals surface area contributed by atoms with E-state index in [1.54, 1.807) is 54.9 Å². The summed E-state index contributed by atoms with van der Waals surface area (Å²) in [5.41, 5.74) is 2.30. The number of benzene rings is 2. The third-order valence-electron chi connectivity index (χ3n) is 4.51. The van der Waals surface area contributed by atoms with Crippen LogP contribution in [0.3, 0.4) is 0 Å². The van der Waals surface area contributed by atoms with Crippen molar-refractivity contribution < 1.29 is 9.50 Å². The van der Waals surface area contributed by atoms with Crippen molar-refractivity contribution in [2.75, 3.05) is 0 Å². The van der Waals surface area contributed by atoms with Crippen LogP contribution in [0.2, 0.25) is 0 Å². The van der Waals surface area contributed by atoms with Crippen LogP contribution in [0, 0.1) is 17.1 Å². The average molecular weight is 374 g/mol. The van der Waals surface area contributed by atoms with Gasteiger partial charge in [0.15, 0.2) is 0 Å². The summed E-state index contributed by atoms with van der Waals surface area (Å²) < 4.78 is 16.0. The lowest BCUT2D eigenvalue weighted by molar-refractivity contribution is 0.155. The van der Waals surface area contributed by atoms with Crippen LogP contribution in [0.1, 0.15) is 17.2 Å². The number of hydrogen-bond acceptors (Lipinski definition) is 4. The van der Waals surface area contributed by atoms with Crippen molar-refractivity contribution in [1.29, 1.82) is 5.26 Å². The molecular formula is C21H15FN4O2. The van der Waals surface area contributed by atoms with E-state index >= 15 is 0 Å². The van der Waals surface area contributed by atoms with Gasteiger partial charge in [0.05, 0.1) is 30.0 Å². The van der Waals surface area contributed by atoms with E-state index in [0.29, 0.717) is 27.9 Å². The second-order valence-corrected chi connectivity index (χ2v) is 6.38. The van der Waals surface area contributed by atoms with Gasteiger partial charge >= 0.3 is 0 Å². The molecule has 6 nitrogen and oxygen atoms in total. The highest BCUT2D eigenvalue weighted by Crippen LogP contribution is 2.19. The molecule has 0 amide bonds. The van der Waals surface area contributed by atoms with Crippen LogP contribution in [0.25, 0.3) is 16.8 Å². The molecular weight excluding hydrogens is 359 g/mol. The summed E-state index contributed by atoms with van der Waals surface area (Å²) in [6, 6.07) is 16.2. The highest BCUT2D eigenvalue weighted by Gasteiger charge is 2.13. The van der Waals surface area contributed by atoms with Crippen molar-refractivity contribution >= 4 is 5.52 Å².